The number of rotatable bonds is 6. The lowest BCUT2D eigenvalue weighted by Crippen LogP contribution is -2.50. The minimum atomic E-state index is -0.497. The highest BCUT2D eigenvalue weighted by Crippen LogP contribution is 2.44. The molecule has 1 amide bonds. The van der Waals surface area contributed by atoms with E-state index in [2.05, 4.69) is 25.2 Å². The Bertz CT molecular complexity index is 1210. The van der Waals surface area contributed by atoms with Crippen molar-refractivity contribution in [1.29, 1.82) is 5.41 Å². The van der Waals surface area contributed by atoms with Gasteiger partial charge in [0, 0.05) is 30.7 Å². The van der Waals surface area contributed by atoms with E-state index in [-0.39, 0.29) is 30.3 Å². The molecule has 1 aliphatic carbocycles. The molecule has 1 aromatic carbocycles. The van der Waals surface area contributed by atoms with Crippen molar-refractivity contribution in [3.63, 3.8) is 0 Å². The third-order valence-electron chi connectivity index (χ3n) is 7.26. The summed E-state index contributed by atoms with van der Waals surface area (Å²) in [5, 5.41) is 21.1. The predicted octanol–water partition coefficient (Wildman–Crippen LogP) is 2.91. The molecule has 1 atom stereocenters. The van der Waals surface area contributed by atoms with Gasteiger partial charge in [0.15, 0.2) is 0 Å². The molecule has 35 heavy (non-hydrogen) atoms. The summed E-state index contributed by atoms with van der Waals surface area (Å²) in [5.41, 5.74) is 8.33. The van der Waals surface area contributed by atoms with E-state index in [1.54, 1.807) is 24.7 Å². The summed E-state index contributed by atoms with van der Waals surface area (Å²) in [5.74, 6) is 0.867. The summed E-state index contributed by atoms with van der Waals surface area (Å²) in [4.78, 5) is 27.5. The lowest BCUT2D eigenvalue weighted by atomic mass is 9.63. The fraction of sp³-hybridized carbons (Fsp3) is 0.346. The normalized spacial score (nSPS) is 18.7. The van der Waals surface area contributed by atoms with Crippen LogP contribution >= 0.6 is 0 Å². The number of aliphatic hydroxyl groups is 1. The minimum Gasteiger partial charge on any atom is -0.394 e. The first kappa shape index (κ1) is 22.9. The maximum absolute atomic E-state index is 12.9. The molecular formula is C26H29N7O2. The topological polar surface area (TPSA) is 141 Å². The number of hydrogen-bond donors (Lipinski definition) is 4. The molecule has 2 aromatic heterocycles. The van der Waals surface area contributed by atoms with Crippen LogP contribution in [0.25, 0.3) is 11.1 Å². The van der Waals surface area contributed by atoms with Gasteiger partial charge in [-0.05, 0) is 48.9 Å². The van der Waals surface area contributed by atoms with Gasteiger partial charge in [-0.1, -0.05) is 30.7 Å². The quantitative estimate of drug-likeness (QED) is 0.320. The number of hydrogen-bond acceptors (Lipinski definition) is 8. The van der Waals surface area contributed by atoms with E-state index in [0.29, 0.717) is 5.56 Å². The number of pyridine rings is 1. The first-order chi connectivity index (χ1) is 17.0. The Balaban J connectivity index is 1.28. The smallest absolute Gasteiger partial charge is 0.258 e. The van der Waals surface area contributed by atoms with Gasteiger partial charge in [0.25, 0.3) is 5.91 Å². The monoisotopic (exact) mass is 471 g/mol. The Labute approximate surface area is 203 Å². The molecule has 3 aromatic rings. The minimum absolute atomic E-state index is 0.0766. The fourth-order valence-corrected chi connectivity index (χ4v) is 5.00. The Morgan fingerprint density at radius 2 is 1.80 bits per heavy atom. The third-order valence-corrected chi connectivity index (χ3v) is 7.26. The van der Waals surface area contributed by atoms with E-state index in [4.69, 9.17) is 11.1 Å². The van der Waals surface area contributed by atoms with Crippen LogP contribution in [0, 0.1) is 5.41 Å². The average molecular weight is 472 g/mol. The maximum Gasteiger partial charge on any atom is 0.258 e. The van der Waals surface area contributed by atoms with Gasteiger partial charge < -0.3 is 21.1 Å². The average Bonchev–Trinajstić information content (AvgIpc) is 3.33. The summed E-state index contributed by atoms with van der Waals surface area (Å²) in [6.45, 7) is 0.943. The van der Waals surface area contributed by atoms with Gasteiger partial charge in [-0.25, -0.2) is 15.0 Å². The van der Waals surface area contributed by atoms with Crippen LogP contribution in [0.15, 0.2) is 55.0 Å². The second kappa shape index (κ2) is 9.42. The van der Waals surface area contributed by atoms with Gasteiger partial charge in [-0.15, -0.1) is 0 Å². The van der Waals surface area contributed by atoms with E-state index in [0.717, 1.165) is 61.2 Å². The van der Waals surface area contributed by atoms with Crippen LogP contribution in [0.4, 0.5) is 11.8 Å². The van der Waals surface area contributed by atoms with Crippen molar-refractivity contribution in [2.24, 2.45) is 0 Å². The Kier molecular flexibility index (Phi) is 6.17. The van der Waals surface area contributed by atoms with Crippen LogP contribution in [-0.4, -0.2) is 51.0 Å². The standard InChI is InChI=1S/C26H29N7O2/c27-24(32-23(35)18-6-9-22(29-13-18)33-12-1-3-21(33)16-34)26(10-2-11-26)20-7-4-17(5-8-20)19-14-30-25(28)31-15-19/h4-9,13-15,21,34H,1-3,10-12,16H2,(H2,27,32,35)(H2,28,30,31)/t21-/m1/s1. The second-order valence-corrected chi connectivity index (χ2v) is 9.25. The van der Waals surface area contributed by atoms with Gasteiger partial charge in [-0.3, -0.25) is 10.2 Å². The van der Waals surface area contributed by atoms with Gasteiger partial charge in [0.05, 0.1) is 23.6 Å². The molecule has 1 saturated heterocycles. The van der Waals surface area contributed by atoms with Crippen LogP contribution in [0.5, 0.6) is 0 Å². The van der Waals surface area contributed by atoms with Crippen molar-refractivity contribution < 1.29 is 9.90 Å². The molecular weight excluding hydrogens is 442 g/mol. The van der Waals surface area contributed by atoms with Crippen LogP contribution in [0.2, 0.25) is 0 Å². The molecule has 1 saturated carbocycles. The zero-order chi connectivity index (χ0) is 24.4. The van der Waals surface area contributed by atoms with Crippen molar-refractivity contribution >= 4 is 23.5 Å². The third kappa shape index (κ3) is 4.35. The number of nitrogen functional groups attached to an aromatic ring is 1. The second-order valence-electron chi connectivity index (χ2n) is 9.25. The summed E-state index contributed by atoms with van der Waals surface area (Å²) in [6.07, 6.45) is 9.50. The number of nitrogens with one attached hydrogen (secondary N) is 2. The molecule has 9 nitrogen and oxygen atoms in total. The first-order valence-corrected chi connectivity index (χ1v) is 11.9. The van der Waals surface area contributed by atoms with Gasteiger partial charge >= 0.3 is 0 Å². The highest BCUT2D eigenvalue weighted by atomic mass is 16.3. The zero-order valence-electron chi connectivity index (χ0n) is 19.4. The number of nitrogens with zero attached hydrogens (tertiary/aromatic N) is 4. The number of aromatic nitrogens is 3. The Morgan fingerprint density at radius 3 is 2.40 bits per heavy atom. The number of amides is 1. The summed E-state index contributed by atoms with van der Waals surface area (Å²) < 4.78 is 0. The molecule has 2 aliphatic rings. The maximum atomic E-state index is 12.9. The van der Waals surface area contributed by atoms with Crippen molar-refractivity contribution in [1.82, 2.24) is 20.3 Å². The molecule has 0 unspecified atom stereocenters. The van der Waals surface area contributed by atoms with Crippen LogP contribution in [-0.2, 0) is 5.41 Å². The van der Waals surface area contributed by atoms with Crippen molar-refractivity contribution in [2.75, 3.05) is 23.8 Å². The lowest BCUT2D eigenvalue weighted by Gasteiger charge is -2.42. The molecule has 9 heteroatoms. The molecule has 0 spiro atoms. The molecule has 0 radical (unpaired) electrons. The highest BCUT2D eigenvalue weighted by Gasteiger charge is 2.43. The van der Waals surface area contributed by atoms with Crippen molar-refractivity contribution in [3.05, 3.63) is 66.1 Å². The van der Waals surface area contributed by atoms with Crippen molar-refractivity contribution in [2.45, 2.75) is 43.6 Å². The number of nitrogens with two attached hydrogens (primary N) is 1. The van der Waals surface area contributed by atoms with Crippen LogP contribution in [0.3, 0.4) is 0 Å². The zero-order valence-corrected chi connectivity index (χ0v) is 19.4. The molecule has 2 fully saturated rings. The van der Waals surface area contributed by atoms with Crippen LogP contribution in [0.1, 0.15) is 48.0 Å². The number of carbonyl (C=O) groups excluding carboxylic acids is 1. The Hall–Kier alpha value is -3.85. The van der Waals surface area contributed by atoms with Crippen molar-refractivity contribution in [3.8, 4) is 11.1 Å². The summed E-state index contributed by atoms with van der Waals surface area (Å²) >= 11 is 0. The molecule has 3 heterocycles. The van der Waals surface area contributed by atoms with Gasteiger partial charge in [0.2, 0.25) is 5.95 Å². The number of amidine groups is 1. The van der Waals surface area contributed by atoms with E-state index in [9.17, 15) is 9.90 Å². The van der Waals surface area contributed by atoms with E-state index in [1.807, 2.05) is 30.3 Å². The van der Waals surface area contributed by atoms with E-state index in [1.165, 1.54) is 0 Å². The SMILES string of the molecule is N=C(NC(=O)c1ccc(N2CCC[C@@H]2CO)nc1)C1(c2ccc(-c3cnc(N)nc3)cc2)CCC1. The van der Waals surface area contributed by atoms with E-state index < -0.39 is 5.41 Å². The lowest BCUT2D eigenvalue weighted by molar-refractivity contribution is 0.0971. The largest absolute Gasteiger partial charge is 0.394 e. The molecule has 0 bridgehead atoms. The number of carbonyl (C=O) groups is 1. The molecule has 5 N–H and O–H groups in total. The molecule has 5 rings (SSSR count). The number of anilines is 2. The molecule has 1 aliphatic heterocycles. The summed E-state index contributed by atoms with van der Waals surface area (Å²) in [6, 6.07) is 11.6. The van der Waals surface area contributed by atoms with Crippen LogP contribution < -0.4 is 16.0 Å². The number of aliphatic hydroxyl groups excluding tert-OH is 1. The number of benzene rings is 1. The Morgan fingerprint density at radius 1 is 1.06 bits per heavy atom. The highest BCUT2D eigenvalue weighted by molar-refractivity contribution is 6.09. The summed E-state index contributed by atoms with van der Waals surface area (Å²) in [7, 11) is 0. The van der Waals surface area contributed by atoms with Gasteiger partial charge in [-0.2, -0.15) is 0 Å². The first-order valence-electron chi connectivity index (χ1n) is 11.9. The fourth-order valence-electron chi connectivity index (χ4n) is 5.00. The van der Waals surface area contributed by atoms with Gasteiger partial charge in [0.1, 0.15) is 11.7 Å². The molecule has 180 valence electrons. The predicted molar refractivity (Wildman–Crippen MR) is 134 cm³/mol. The van der Waals surface area contributed by atoms with E-state index >= 15 is 0 Å².